The molecule has 0 bridgehead atoms. The SMILES string of the molecule is CC(=O)NCC1CCN(C(=O)c2cccc3c2CCCN3)CC1. The van der Waals surface area contributed by atoms with Gasteiger partial charge in [0.25, 0.3) is 5.91 Å². The van der Waals surface area contributed by atoms with Crippen LogP contribution in [-0.2, 0) is 11.2 Å². The molecular formula is C18H25N3O2. The van der Waals surface area contributed by atoms with Gasteiger partial charge in [-0.1, -0.05) is 6.07 Å². The molecule has 1 saturated heterocycles. The van der Waals surface area contributed by atoms with Crippen LogP contribution >= 0.6 is 0 Å². The van der Waals surface area contributed by atoms with Crippen molar-refractivity contribution >= 4 is 17.5 Å². The van der Waals surface area contributed by atoms with Crippen LogP contribution in [0.3, 0.4) is 0 Å². The second kappa shape index (κ2) is 7.02. The Morgan fingerprint density at radius 3 is 2.83 bits per heavy atom. The summed E-state index contributed by atoms with van der Waals surface area (Å²) in [7, 11) is 0. The molecule has 2 heterocycles. The molecule has 0 spiro atoms. The monoisotopic (exact) mass is 315 g/mol. The zero-order valence-electron chi connectivity index (χ0n) is 13.7. The molecule has 1 aromatic rings. The zero-order chi connectivity index (χ0) is 16.2. The first-order chi connectivity index (χ1) is 11.1. The predicted octanol–water partition coefficient (Wildman–Crippen LogP) is 2.03. The number of piperidine rings is 1. The Morgan fingerprint density at radius 2 is 2.09 bits per heavy atom. The molecule has 1 fully saturated rings. The summed E-state index contributed by atoms with van der Waals surface area (Å²) in [6.07, 6.45) is 3.97. The van der Waals surface area contributed by atoms with Crippen molar-refractivity contribution in [3.63, 3.8) is 0 Å². The van der Waals surface area contributed by atoms with Crippen molar-refractivity contribution in [1.29, 1.82) is 0 Å². The third-order valence-electron chi connectivity index (χ3n) is 4.87. The Hall–Kier alpha value is -2.04. The van der Waals surface area contributed by atoms with E-state index in [-0.39, 0.29) is 11.8 Å². The fourth-order valence-electron chi connectivity index (χ4n) is 3.51. The molecule has 0 radical (unpaired) electrons. The van der Waals surface area contributed by atoms with E-state index < -0.39 is 0 Å². The number of hydrogen-bond acceptors (Lipinski definition) is 3. The van der Waals surface area contributed by atoms with Gasteiger partial charge in [-0.15, -0.1) is 0 Å². The van der Waals surface area contributed by atoms with Crippen LogP contribution < -0.4 is 10.6 Å². The lowest BCUT2D eigenvalue weighted by Crippen LogP contribution is -2.41. The molecule has 2 N–H and O–H groups in total. The van der Waals surface area contributed by atoms with Gasteiger partial charge in [-0.05, 0) is 49.3 Å². The molecule has 2 aliphatic rings. The van der Waals surface area contributed by atoms with Crippen molar-refractivity contribution in [2.45, 2.75) is 32.6 Å². The van der Waals surface area contributed by atoms with Gasteiger partial charge in [0.2, 0.25) is 5.91 Å². The van der Waals surface area contributed by atoms with Crippen LogP contribution in [-0.4, -0.2) is 42.9 Å². The summed E-state index contributed by atoms with van der Waals surface area (Å²) < 4.78 is 0. The molecule has 0 aromatic heterocycles. The van der Waals surface area contributed by atoms with E-state index in [1.165, 1.54) is 5.56 Å². The van der Waals surface area contributed by atoms with Gasteiger partial charge >= 0.3 is 0 Å². The van der Waals surface area contributed by atoms with Crippen LogP contribution in [0.1, 0.15) is 42.1 Å². The highest BCUT2D eigenvalue weighted by Gasteiger charge is 2.26. The van der Waals surface area contributed by atoms with Crippen LogP contribution in [0, 0.1) is 5.92 Å². The van der Waals surface area contributed by atoms with E-state index in [9.17, 15) is 9.59 Å². The molecule has 2 aliphatic heterocycles. The lowest BCUT2D eigenvalue weighted by molar-refractivity contribution is -0.119. The number of nitrogens with zero attached hydrogens (tertiary/aromatic N) is 1. The minimum Gasteiger partial charge on any atom is -0.385 e. The number of rotatable bonds is 3. The standard InChI is InChI=1S/C18H25N3O2/c1-13(22)20-12-14-7-10-21(11-8-14)18(23)16-4-2-6-17-15(16)5-3-9-19-17/h2,4,6,14,19H,3,5,7-12H2,1H3,(H,20,22). The third-order valence-corrected chi connectivity index (χ3v) is 4.87. The molecule has 0 saturated carbocycles. The number of hydrogen-bond donors (Lipinski definition) is 2. The largest absolute Gasteiger partial charge is 0.385 e. The Labute approximate surface area is 137 Å². The molecule has 2 amide bonds. The van der Waals surface area contributed by atoms with Crippen molar-refractivity contribution in [2.75, 3.05) is 31.5 Å². The summed E-state index contributed by atoms with van der Waals surface area (Å²) in [6, 6.07) is 5.98. The van der Waals surface area contributed by atoms with E-state index in [1.54, 1.807) is 6.92 Å². The minimum atomic E-state index is 0.0203. The van der Waals surface area contributed by atoms with Gasteiger partial charge in [0, 0.05) is 44.4 Å². The lowest BCUT2D eigenvalue weighted by atomic mass is 9.94. The first kappa shape index (κ1) is 15.8. The van der Waals surface area contributed by atoms with Gasteiger partial charge < -0.3 is 15.5 Å². The molecule has 124 valence electrons. The molecular weight excluding hydrogens is 290 g/mol. The van der Waals surface area contributed by atoms with Crippen LogP contribution in [0.15, 0.2) is 18.2 Å². The molecule has 0 unspecified atom stereocenters. The average molecular weight is 315 g/mol. The number of likely N-dealkylation sites (tertiary alicyclic amines) is 1. The third kappa shape index (κ3) is 3.66. The second-order valence-electron chi connectivity index (χ2n) is 6.53. The van der Waals surface area contributed by atoms with Crippen molar-refractivity contribution in [3.05, 3.63) is 29.3 Å². The maximum Gasteiger partial charge on any atom is 0.254 e. The van der Waals surface area contributed by atoms with E-state index >= 15 is 0 Å². The van der Waals surface area contributed by atoms with Gasteiger partial charge in [-0.2, -0.15) is 0 Å². The number of nitrogens with one attached hydrogen (secondary N) is 2. The van der Waals surface area contributed by atoms with Crippen molar-refractivity contribution in [3.8, 4) is 0 Å². The van der Waals surface area contributed by atoms with E-state index in [4.69, 9.17) is 0 Å². The number of anilines is 1. The second-order valence-corrected chi connectivity index (χ2v) is 6.53. The van der Waals surface area contributed by atoms with Crippen LogP contribution in [0.25, 0.3) is 0 Å². The van der Waals surface area contributed by atoms with Gasteiger partial charge in [0.1, 0.15) is 0 Å². The van der Waals surface area contributed by atoms with Gasteiger partial charge in [-0.25, -0.2) is 0 Å². The van der Waals surface area contributed by atoms with E-state index in [0.29, 0.717) is 5.92 Å². The Bertz CT molecular complexity index is 592. The van der Waals surface area contributed by atoms with Crippen LogP contribution in [0.5, 0.6) is 0 Å². The maximum atomic E-state index is 12.9. The lowest BCUT2D eigenvalue weighted by Gasteiger charge is -2.33. The molecule has 5 nitrogen and oxygen atoms in total. The zero-order valence-corrected chi connectivity index (χ0v) is 13.7. The summed E-state index contributed by atoms with van der Waals surface area (Å²) in [5.74, 6) is 0.657. The van der Waals surface area contributed by atoms with Gasteiger partial charge in [0.15, 0.2) is 0 Å². The molecule has 5 heteroatoms. The number of amides is 2. The Balaban J connectivity index is 1.63. The highest BCUT2D eigenvalue weighted by molar-refractivity contribution is 5.97. The first-order valence-corrected chi connectivity index (χ1v) is 8.54. The molecule has 0 atom stereocenters. The quantitative estimate of drug-likeness (QED) is 0.897. The van der Waals surface area contributed by atoms with E-state index in [0.717, 1.165) is 63.1 Å². The minimum absolute atomic E-state index is 0.0203. The predicted molar refractivity (Wildman–Crippen MR) is 90.6 cm³/mol. The maximum absolute atomic E-state index is 12.9. The van der Waals surface area contributed by atoms with Crippen LogP contribution in [0.4, 0.5) is 5.69 Å². The van der Waals surface area contributed by atoms with Crippen LogP contribution in [0.2, 0.25) is 0 Å². The number of benzene rings is 1. The van der Waals surface area contributed by atoms with E-state index in [2.05, 4.69) is 16.7 Å². The van der Waals surface area contributed by atoms with Crippen molar-refractivity contribution < 1.29 is 9.59 Å². The van der Waals surface area contributed by atoms with E-state index in [1.807, 2.05) is 17.0 Å². The topological polar surface area (TPSA) is 61.4 Å². The summed E-state index contributed by atoms with van der Waals surface area (Å²) >= 11 is 0. The molecule has 3 rings (SSSR count). The molecule has 0 aliphatic carbocycles. The summed E-state index contributed by atoms with van der Waals surface area (Å²) in [5.41, 5.74) is 3.14. The van der Waals surface area contributed by atoms with Crippen molar-refractivity contribution in [2.24, 2.45) is 5.92 Å². The molecule has 23 heavy (non-hydrogen) atoms. The summed E-state index contributed by atoms with van der Waals surface area (Å²) in [6.45, 7) is 4.81. The fraction of sp³-hybridized carbons (Fsp3) is 0.556. The normalized spacial score (nSPS) is 18.0. The number of fused-ring (bicyclic) bond motifs is 1. The van der Waals surface area contributed by atoms with Gasteiger partial charge in [0.05, 0.1) is 0 Å². The number of carbonyl (C=O) groups excluding carboxylic acids is 2. The highest BCUT2D eigenvalue weighted by Crippen LogP contribution is 2.27. The Kier molecular flexibility index (Phi) is 4.84. The van der Waals surface area contributed by atoms with Crippen molar-refractivity contribution in [1.82, 2.24) is 10.2 Å². The molecule has 1 aromatic carbocycles. The highest BCUT2D eigenvalue weighted by atomic mass is 16.2. The average Bonchev–Trinajstić information content (AvgIpc) is 2.59. The smallest absolute Gasteiger partial charge is 0.254 e. The van der Waals surface area contributed by atoms with Gasteiger partial charge in [-0.3, -0.25) is 9.59 Å². The summed E-state index contributed by atoms with van der Waals surface area (Å²) in [5, 5.41) is 6.27. The summed E-state index contributed by atoms with van der Waals surface area (Å²) in [4.78, 5) is 25.8. The first-order valence-electron chi connectivity index (χ1n) is 8.54. The fourth-order valence-corrected chi connectivity index (χ4v) is 3.51. The Morgan fingerprint density at radius 1 is 1.30 bits per heavy atom. The number of carbonyl (C=O) groups is 2.